The van der Waals surface area contributed by atoms with Crippen molar-refractivity contribution < 1.29 is 8.42 Å². The van der Waals surface area contributed by atoms with Crippen LogP contribution in [-0.2, 0) is 17.1 Å². The van der Waals surface area contributed by atoms with E-state index in [4.69, 9.17) is 0 Å². The normalized spacial score (nSPS) is 18.1. The Morgan fingerprint density at radius 3 is 2.68 bits per heavy atom. The van der Waals surface area contributed by atoms with Gasteiger partial charge in [0.25, 0.3) is 10.0 Å². The minimum Gasteiger partial charge on any atom is -0.317 e. The average molecular weight is 286 g/mol. The monoisotopic (exact) mass is 286 g/mol. The number of nitrogens with one attached hydrogen (secondary N) is 1. The molecule has 0 radical (unpaired) electrons. The van der Waals surface area contributed by atoms with Gasteiger partial charge in [-0.25, -0.2) is 8.42 Å². The summed E-state index contributed by atoms with van der Waals surface area (Å²) in [5.41, 5.74) is 0. The molecule has 19 heavy (non-hydrogen) atoms. The second-order valence-corrected chi connectivity index (χ2v) is 6.73. The molecule has 1 saturated heterocycles. The van der Waals surface area contributed by atoms with E-state index in [2.05, 4.69) is 10.4 Å². The molecule has 1 aromatic rings. The Morgan fingerprint density at radius 1 is 1.47 bits per heavy atom. The topological polar surface area (TPSA) is 67.2 Å². The van der Waals surface area contributed by atoms with Crippen LogP contribution in [0, 0.1) is 0 Å². The van der Waals surface area contributed by atoms with E-state index in [-0.39, 0.29) is 11.1 Å². The lowest BCUT2D eigenvalue weighted by atomic mass is 10.1. The van der Waals surface area contributed by atoms with Crippen molar-refractivity contribution in [3.63, 3.8) is 0 Å². The first-order valence-corrected chi connectivity index (χ1v) is 8.22. The highest BCUT2D eigenvalue weighted by atomic mass is 32.2. The van der Waals surface area contributed by atoms with Crippen LogP contribution < -0.4 is 5.32 Å². The van der Waals surface area contributed by atoms with Gasteiger partial charge in [-0.3, -0.25) is 4.68 Å². The molecule has 0 saturated carbocycles. The zero-order valence-electron chi connectivity index (χ0n) is 11.5. The van der Waals surface area contributed by atoms with Gasteiger partial charge < -0.3 is 5.32 Å². The molecule has 2 heterocycles. The number of hydrogen-bond donors (Lipinski definition) is 1. The minimum absolute atomic E-state index is 0.0982. The summed E-state index contributed by atoms with van der Waals surface area (Å²) in [6.07, 6.45) is 4.09. The van der Waals surface area contributed by atoms with Gasteiger partial charge in [0.2, 0.25) is 0 Å². The van der Waals surface area contributed by atoms with E-state index in [0.717, 1.165) is 32.4 Å². The van der Waals surface area contributed by atoms with Gasteiger partial charge in [0.05, 0.1) is 6.20 Å². The maximum atomic E-state index is 12.7. The second-order valence-electron chi connectivity index (χ2n) is 4.89. The zero-order valence-corrected chi connectivity index (χ0v) is 12.4. The highest BCUT2D eigenvalue weighted by Crippen LogP contribution is 2.22. The van der Waals surface area contributed by atoms with Gasteiger partial charge in [-0.2, -0.15) is 9.40 Å². The van der Waals surface area contributed by atoms with Crippen molar-refractivity contribution in [2.24, 2.45) is 7.05 Å². The lowest BCUT2D eigenvalue weighted by molar-refractivity contribution is 0.261. The highest BCUT2D eigenvalue weighted by Gasteiger charge is 2.33. The number of nitrogens with zero attached hydrogens (tertiary/aromatic N) is 3. The number of aryl methyl sites for hydroxylation is 1. The fourth-order valence-corrected chi connectivity index (χ4v) is 4.43. The molecular weight excluding hydrogens is 264 g/mol. The van der Waals surface area contributed by atoms with Crippen molar-refractivity contribution in [3.05, 3.63) is 12.3 Å². The van der Waals surface area contributed by atoms with Crippen molar-refractivity contribution >= 4 is 10.0 Å². The van der Waals surface area contributed by atoms with E-state index >= 15 is 0 Å². The summed E-state index contributed by atoms with van der Waals surface area (Å²) in [7, 11) is -1.78. The first-order valence-electron chi connectivity index (χ1n) is 6.78. The fraction of sp³-hybridized carbons (Fsp3) is 0.750. The first-order chi connectivity index (χ1) is 9.07. The molecule has 1 N–H and O–H groups in total. The van der Waals surface area contributed by atoms with Crippen LogP contribution in [0.4, 0.5) is 0 Å². The summed E-state index contributed by atoms with van der Waals surface area (Å²) < 4.78 is 28.6. The fourth-order valence-electron chi connectivity index (χ4n) is 2.55. The first kappa shape index (κ1) is 14.5. The predicted molar refractivity (Wildman–Crippen MR) is 73.3 cm³/mol. The van der Waals surface area contributed by atoms with Gasteiger partial charge in [-0.15, -0.1) is 0 Å². The van der Waals surface area contributed by atoms with Gasteiger partial charge in [0.15, 0.2) is 5.03 Å². The van der Waals surface area contributed by atoms with Crippen LogP contribution in [0.3, 0.4) is 0 Å². The van der Waals surface area contributed by atoms with Gasteiger partial charge in [0.1, 0.15) is 0 Å². The quantitative estimate of drug-likeness (QED) is 0.859. The Bertz CT molecular complexity index is 506. The lowest BCUT2D eigenvalue weighted by Gasteiger charge is -2.33. The summed E-state index contributed by atoms with van der Waals surface area (Å²) in [5.74, 6) is 0. The van der Waals surface area contributed by atoms with E-state index < -0.39 is 10.0 Å². The molecule has 0 aliphatic carbocycles. The van der Waals surface area contributed by atoms with E-state index in [0.29, 0.717) is 6.54 Å². The molecule has 0 bridgehead atoms. The van der Waals surface area contributed by atoms with Crippen LogP contribution in [0.15, 0.2) is 17.3 Å². The lowest BCUT2D eigenvalue weighted by Crippen LogP contribution is -2.46. The average Bonchev–Trinajstić information content (AvgIpc) is 2.84. The molecule has 1 aliphatic heterocycles. The largest absolute Gasteiger partial charge is 0.317 e. The third kappa shape index (κ3) is 2.98. The van der Waals surface area contributed by atoms with Gasteiger partial charge in [-0.1, -0.05) is 6.92 Å². The molecule has 0 atom stereocenters. The molecule has 1 fully saturated rings. The number of hydrogen-bond acceptors (Lipinski definition) is 4. The highest BCUT2D eigenvalue weighted by molar-refractivity contribution is 7.89. The second kappa shape index (κ2) is 6.02. The summed E-state index contributed by atoms with van der Waals surface area (Å²) in [5, 5.41) is 7.52. The number of piperidine rings is 1. The van der Waals surface area contributed by atoms with Crippen LogP contribution in [0.25, 0.3) is 0 Å². The number of sulfonamides is 1. The van der Waals surface area contributed by atoms with Crippen LogP contribution in [0.1, 0.15) is 26.2 Å². The zero-order chi connectivity index (χ0) is 13.9. The SMILES string of the molecule is CCCN(C1CCNCC1)S(=O)(=O)c1ccnn1C. The van der Waals surface area contributed by atoms with Crippen molar-refractivity contribution in [1.82, 2.24) is 19.4 Å². The molecule has 6 nitrogen and oxygen atoms in total. The third-order valence-electron chi connectivity index (χ3n) is 3.51. The molecular formula is C12H22N4O2S. The van der Waals surface area contributed by atoms with Crippen molar-refractivity contribution in [3.8, 4) is 0 Å². The summed E-state index contributed by atoms with van der Waals surface area (Å²) >= 11 is 0. The molecule has 2 rings (SSSR count). The molecule has 0 spiro atoms. The Hall–Kier alpha value is -0.920. The molecule has 0 aromatic carbocycles. The maximum absolute atomic E-state index is 12.7. The summed E-state index contributed by atoms with van der Waals surface area (Å²) in [6.45, 7) is 4.34. The Kier molecular flexibility index (Phi) is 4.59. The standard InChI is InChI=1S/C12H22N4O2S/c1-3-10-16(11-4-7-13-8-5-11)19(17,18)12-6-9-14-15(12)2/h6,9,11,13H,3-5,7-8,10H2,1-2H3. The summed E-state index contributed by atoms with van der Waals surface area (Å²) in [4.78, 5) is 0. The van der Waals surface area contributed by atoms with Crippen LogP contribution in [0.5, 0.6) is 0 Å². The van der Waals surface area contributed by atoms with Gasteiger partial charge in [-0.05, 0) is 38.4 Å². The molecule has 0 unspecified atom stereocenters. The molecule has 1 aromatic heterocycles. The minimum atomic E-state index is -3.44. The van der Waals surface area contributed by atoms with E-state index in [1.165, 1.54) is 10.9 Å². The van der Waals surface area contributed by atoms with Crippen LogP contribution in [0.2, 0.25) is 0 Å². The Labute approximate surface area is 114 Å². The maximum Gasteiger partial charge on any atom is 0.260 e. The van der Waals surface area contributed by atoms with E-state index in [1.54, 1.807) is 17.4 Å². The smallest absolute Gasteiger partial charge is 0.260 e. The van der Waals surface area contributed by atoms with Gasteiger partial charge in [0, 0.05) is 19.6 Å². The van der Waals surface area contributed by atoms with Crippen LogP contribution in [-0.4, -0.2) is 48.2 Å². The Morgan fingerprint density at radius 2 is 2.16 bits per heavy atom. The molecule has 7 heteroatoms. The molecule has 108 valence electrons. The summed E-state index contributed by atoms with van der Waals surface area (Å²) in [6, 6.07) is 1.67. The molecule has 1 aliphatic rings. The van der Waals surface area contributed by atoms with E-state index in [9.17, 15) is 8.42 Å². The van der Waals surface area contributed by atoms with Crippen molar-refractivity contribution in [1.29, 1.82) is 0 Å². The van der Waals surface area contributed by atoms with Crippen molar-refractivity contribution in [2.75, 3.05) is 19.6 Å². The van der Waals surface area contributed by atoms with E-state index in [1.807, 2.05) is 6.92 Å². The predicted octanol–water partition coefficient (Wildman–Crippen LogP) is 0.573. The van der Waals surface area contributed by atoms with Gasteiger partial charge >= 0.3 is 0 Å². The molecule has 0 amide bonds. The number of rotatable bonds is 5. The Balaban J connectivity index is 2.29. The van der Waals surface area contributed by atoms with Crippen molar-refractivity contribution in [2.45, 2.75) is 37.3 Å². The van der Waals surface area contributed by atoms with Crippen LogP contribution >= 0.6 is 0 Å². The third-order valence-corrected chi connectivity index (χ3v) is 5.54. The number of aromatic nitrogens is 2.